The van der Waals surface area contributed by atoms with Crippen LogP contribution >= 0.6 is 11.6 Å². The van der Waals surface area contributed by atoms with Gasteiger partial charge in [0.2, 0.25) is 0 Å². The predicted octanol–water partition coefficient (Wildman–Crippen LogP) is 3.40. The van der Waals surface area contributed by atoms with Gasteiger partial charge in [0.15, 0.2) is 0 Å². The summed E-state index contributed by atoms with van der Waals surface area (Å²) in [5.41, 5.74) is 4.75. The average molecular weight is 372 g/mol. The van der Waals surface area contributed by atoms with Crippen molar-refractivity contribution >= 4 is 23.7 Å². The normalized spacial score (nSPS) is 15.8. The first-order valence-electron chi connectivity index (χ1n) is 8.52. The van der Waals surface area contributed by atoms with E-state index in [0.29, 0.717) is 13.1 Å². The Labute approximate surface area is 156 Å². The van der Waals surface area contributed by atoms with Crippen LogP contribution in [0.5, 0.6) is 0 Å². The van der Waals surface area contributed by atoms with E-state index in [9.17, 15) is 9.59 Å². The Morgan fingerprint density at radius 3 is 2.15 bits per heavy atom. The fourth-order valence-corrected chi connectivity index (χ4v) is 3.63. The van der Waals surface area contributed by atoms with E-state index in [4.69, 9.17) is 21.1 Å². The lowest BCUT2D eigenvalue weighted by Gasteiger charge is -2.37. The second-order valence-electron chi connectivity index (χ2n) is 6.45. The second kappa shape index (κ2) is 7.00. The van der Waals surface area contributed by atoms with Gasteiger partial charge >= 0.3 is 12.1 Å². The molecule has 1 heterocycles. The molecule has 5 nitrogen and oxygen atoms in total. The van der Waals surface area contributed by atoms with E-state index in [-0.39, 0.29) is 30.6 Å². The largest absolute Gasteiger partial charge is 0.458 e. The number of nitrogens with zero attached hydrogens (tertiary/aromatic N) is 1. The molecular weight excluding hydrogens is 354 g/mol. The number of esters is 1. The van der Waals surface area contributed by atoms with Gasteiger partial charge in [0.25, 0.3) is 0 Å². The van der Waals surface area contributed by atoms with Crippen molar-refractivity contribution in [2.45, 2.75) is 12.0 Å². The maximum Gasteiger partial charge on any atom is 0.410 e. The molecule has 0 unspecified atom stereocenters. The van der Waals surface area contributed by atoms with Crippen LogP contribution in [-0.2, 0) is 14.3 Å². The Balaban J connectivity index is 1.38. The summed E-state index contributed by atoms with van der Waals surface area (Å²) >= 11 is 5.40. The maximum atomic E-state index is 12.2. The molecule has 4 rings (SSSR count). The van der Waals surface area contributed by atoms with Crippen LogP contribution in [0.4, 0.5) is 4.79 Å². The SMILES string of the molecule is O=C(CCl)OC1CN(C(=O)OCC2c3ccccc3-c3ccccc32)C1. The molecule has 1 aliphatic heterocycles. The van der Waals surface area contributed by atoms with E-state index in [0.717, 1.165) is 0 Å². The monoisotopic (exact) mass is 371 g/mol. The quantitative estimate of drug-likeness (QED) is 0.610. The number of hydrogen-bond acceptors (Lipinski definition) is 4. The molecule has 0 N–H and O–H groups in total. The smallest absolute Gasteiger partial charge is 0.410 e. The maximum absolute atomic E-state index is 12.2. The van der Waals surface area contributed by atoms with Gasteiger partial charge in [0.05, 0.1) is 13.1 Å². The lowest BCUT2D eigenvalue weighted by atomic mass is 9.98. The second-order valence-corrected chi connectivity index (χ2v) is 6.72. The molecule has 1 amide bonds. The third kappa shape index (κ3) is 3.03. The number of benzene rings is 2. The van der Waals surface area contributed by atoms with Gasteiger partial charge in [-0.3, -0.25) is 4.79 Å². The van der Waals surface area contributed by atoms with Crippen molar-refractivity contribution < 1.29 is 19.1 Å². The molecule has 0 aromatic heterocycles. The van der Waals surface area contributed by atoms with Crippen molar-refractivity contribution in [1.29, 1.82) is 0 Å². The minimum atomic E-state index is -0.469. The number of carbonyl (C=O) groups excluding carboxylic acids is 2. The van der Waals surface area contributed by atoms with Crippen LogP contribution in [0.15, 0.2) is 48.5 Å². The first-order chi connectivity index (χ1) is 12.7. The average Bonchev–Trinajstić information content (AvgIpc) is 2.96. The Morgan fingerprint density at radius 2 is 1.58 bits per heavy atom. The summed E-state index contributed by atoms with van der Waals surface area (Å²) in [6.07, 6.45) is -0.674. The third-order valence-corrected chi connectivity index (χ3v) is 5.07. The summed E-state index contributed by atoms with van der Waals surface area (Å²) in [4.78, 5) is 24.9. The van der Waals surface area contributed by atoms with Gasteiger partial charge in [-0.1, -0.05) is 48.5 Å². The summed E-state index contributed by atoms with van der Waals surface area (Å²) in [5.74, 6) is -0.608. The number of fused-ring (bicyclic) bond motifs is 3. The van der Waals surface area contributed by atoms with Crippen LogP contribution in [-0.4, -0.2) is 48.6 Å². The number of hydrogen-bond donors (Lipinski definition) is 0. The van der Waals surface area contributed by atoms with Gasteiger partial charge < -0.3 is 14.4 Å². The molecule has 134 valence electrons. The van der Waals surface area contributed by atoms with E-state index in [1.807, 2.05) is 24.3 Å². The zero-order valence-corrected chi connectivity index (χ0v) is 14.8. The van der Waals surface area contributed by atoms with E-state index < -0.39 is 5.97 Å². The molecule has 2 aromatic carbocycles. The van der Waals surface area contributed by atoms with E-state index in [1.165, 1.54) is 27.2 Å². The summed E-state index contributed by atoms with van der Waals surface area (Å²) in [6, 6.07) is 16.4. The minimum Gasteiger partial charge on any atom is -0.458 e. The summed E-state index contributed by atoms with van der Waals surface area (Å²) in [6.45, 7) is 0.980. The number of alkyl halides is 1. The first kappa shape index (κ1) is 16.9. The van der Waals surface area contributed by atoms with E-state index >= 15 is 0 Å². The van der Waals surface area contributed by atoms with E-state index in [2.05, 4.69) is 24.3 Å². The molecule has 26 heavy (non-hydrogen) atoms. The van der Waals surface area contributed by atoms with Gasteiger partial charge in [-0.05, 0) is 22.3 Å². The molecule has 1 fully saturated rings. The lowest BCUT2D eigenvalue weighted by molar-refractivity contribution is -0.153. The molecule has 0 spiro atoms. The van der Waals surface area contributed by atoms with Crippen LogP contribution < -0.4 is 0 Å². The molecule has 0 bridgehead atoms. The third-order valence-electron chi connectivity index (χ3n) is 4.85. The Bertz CT molecular complexity index is 802. The van der Waals surface area contributed by atoms with Gasteiger partial charge in [-0.15, -0.1) is 11.6 Å². The lowest BCUT2D eigenvalue weighted by Crippen LogP contribution is -2.55. The topological polar surface area (TPSA) is 55.8 Å². The molecule has 1 aliphatic carbocycles. The number of carbonyl (C=O) groups is 2. The van der Waals surface area contributed by atoms with Gasteiger partial charge in [-0.2, -0.15) is 0 Å². The van der Waals surface area contributed by atoms with Crippen molar-refractivity contribution in [3.63, 3.8) is 0 Å². The Morgan fingerprint density at radius 1 is 1.00 bits per heavy atom. The zero-order valence-electron chi connectivity index (χ0n) is 14.1. The molecule has 2 aliphatic rings. The minimum absolute atomic E-state index is 0.0394. The number of likely N-dealkylation sites (tertiary alicyclic amines) is 1. The Hall–Kier alpha value is -2.53. The van der Waals surface area contributed by atoms with Crippen molar-refractivity contribution in [3.05, 3.63) is 59.7 Å². The molecule has 0 saturated carbocycles. The van der Waals surface area contributed by atoms with Crippen LogP contribution in [0.3, 0.4) is 0 Å². The fourth-order valence-electron chi connectivity index (χ4n) is 3.56. The van der Waals surface area contributed by atoms with Crippen LogP contribution in [0.25, 0.3) is 11.1 Å². The fraction of sp³-hybridized carbons (Fsp3) is 0.300. The van der Waals surface area contributed by atoms with Gasteiger partial charge in [-0.25, -0.2) is 4.79 Å². The molecule has 1 saturated heterocycles. The molecule has 0 radical (unpaired) electrons. The van der Waals surface area contributed by atoms with Gasteiger partial charge in [0.1, 0.15) is 18.6 Å². The van der Waals surface area contributed by atoms with Crippen LogP contribution in [0.2, 0.25) is 0 Å². The standard InChI is InChI=1S/C20H18ClNO4/c21-9-19(23)26-13-10-22(11-13)20(24)25-12-18-16-7-3-1-5-14(16)15-6-2-4-8-17(15)18/h1-8,13,18H,9-12H2. The molecule has 2 aromatic rings. The number of ether oxygens (including phenoxy) is 2. The van der Waals surface area contributed by atoms with Crippen molar-refractivity contribution in [2.75, 3.05) is 25.6 Å². The summed E-state index contributed by atoms with van der Waals surface area (Å²) < 4.78 is 10.6. The highest BCUT2D eigenvalue weighted by Crippen LogP contribution is 2.44. The van der Waals surface area contributed by atoms with Crippen molar-refractivity contribution in [3.8, 4) is 11.1 Å². The van der Waals surface area contributed by atoms with Crippen molar-refractivity contribution in [1.82, 2.24) is 4.90 Å². The zero-order chi connectivity index (χ0) is 18.1. The molecule has 0 atom stereocenters. The first-order valence-corrected chi connectivity index (χ1v) is 9.06. The highest BCUT2D eigenvalue weighted by Gasteiger charge is 2.35. The van der Waals surface area contributed by atoms with Crippen LogP contribution in [0, 0.1) is 0 Å². The highest BCUT2D eigenvalue weighted by molar-refractivity contribution is 6.26. The number of rotatable bonds is 4. The number of halogens is 1. The highest BCUT2D eigenvalue weighted by atomic mass is 35.5. The molecular formula is C20H18ClNO4. The van der Waals surface area contributed by atoms with Crippen LogP contribution in [0.1, 0.15) is 17.0 Å². The summed E-state index contributed by atoms with van der Waals surface area (Å²) in [5, 5.41) is 0. The summed E-state index contributed by atoms with van der Waals surface area (Å²) in [7, 11) is 0. The number of amides is 1. The molecule has 6 heteroatoms. The Kier molecular flexibility index (Phi) is 4.55. The predicted molar refractivity (Wildman–Crippen MR) is 97.2 cm³/mol. The van der Waals surface area contributed by atoms with Gasteiger partial charge in [0, 0.05) is 5.92 Å². The van der Waals surface area contributed by atoms with Crippen molar-refractivity contribution in [2.24, 2.45) is 0 Å². The van der Waals surface area contributed by atoms with E-state index in [1.54, 1.807) is 0 Å².